The fourth-order valence-electron chi connectivity index (χ4n) is 4.13. The van der Waals surface area contributed by atoms with Crippen LogP contribution in [-0.2, 0) is 24.3 Å². The second kappa shape index (κ2) is 10.1. The fourth-order valence-corrected chi connectivity index (χ4v) is 4.13. The van der Waals surface area contributed by atoms with Gasteiger partial charge in [-0.05, 0) is 43.5 Å². The van der Waals surface area contributed by atoms with Gasteiger partial charge in [-0.1, -0.05) is 55.8 Å². The number of hydrogen-bond acceptors (Lipinski definition) is 4. The Kier molecular flexibility index (Phi) is 7.49. The van der Waals surface area contributed by atoms with E-state index in [1.54, 1.807) is 7.11 Å². The SMILES string of the molecule is CCCc1ccc(OCc2ccccc2)c(CN(C)[C@@H]2CC[C@@H](OC)[C@@H]2O)c1. The van der Waals surface area contributed by atoms with Gasteiger partial charge in [0.2, 0.25) is 0 Å². The Balaban J connectivity index is 1.74. The van der Waals surface area contributed by atoms with Gasteiger partial charge in [-0.2, -0.15) is 0 Å². The van der Waals surface area contributed by atoms with Crippen molar-refractivity contribution in [3.63, 3.8) is 0 Å². The van der Waals surface area contributed by atoms with Gasteiger partial charge in [0.25, 0.3) is 0 Å². The van der Waals surface area contributed by atoms with Gasteiger partial charge in [0.05, 0.1) is 12.2 Å². The van der Waals surface area contributed by atoms with E-state index in [2.05, 4.69) is 49.2 Å². The number of rotatable bonds is 9. The van der Waals surface area contributed by atoms with E-state index >= 15 is 0 Å². The number of aliphatic hydroxyl groups excluding tert-OH is 1. The predicted octanol–water partition coefficient (Wildman–Crippen LogP) is 4.19. The zero-order valence-electron chi connectivity index (χ0n) is 17.3. The van der Waals surface area contributed by atoms with Crippen LogP contribution in [0.5, 0.6) is 5.75 Å². The number of benzene rings is 2. The Labute approximate surface area is 169 Å². The number of aryl methyl sites for hydroxylation is 1. The first-order chi connectivity index (χ1) is 13.6. The molecule has 1 N–H and O–H groups in total. The van der Waals surface area contributed by atoms with Crippen LogP contribution in [0.1, 0.15) is 42.9 Å². The molecule has 2 aromatic rings. The van der Waals surface area contributed by atoms with Gasteiger partial charge in [0.1, 0.15) is 12.4 Å². The molecule has 152 valence electrons. The van der Waals surface area contributed by atoms with Crippen LogP contribution < -0.4 is 4.74 Å². The maximum absolute atomic E-state index is 10.6. The average Bonchev–Trinajstić information content (AvgIpc) is 3.09. The molecule has 1 saturated carbocycles. The lowest BCUT2D eigenvalue weighted by Crippen LogP contribution is -2.41. The summed E-state index contributed by atoms with van der Waals surface area (Å²) in [5.41, 5.74) is 3.67. The number of nitrogens with zero attached hydrogens (tertiary/aromatic N) is 1. The summed E-state index contributed by atoms with van der Waals surface area (Å²) in [6.07, 6.45) is 3.53. The topological polar surface area (TPSA) is 41.9 Å². The third-order valence-electron chi connectivity index (χ3n) is 5.71. The molecule has 0 radical (unpaired) electrons. The van der Waals surface area contributed by atoms with Crippen LogP contribution in [0.15, 0.2) is 48.5 Å². The highest BCUT2D eigenvalue weighted by Crippen LogP contribution is 2.29. The number of aliphatic hydroxyl groups is 1. The quantitative estimate of drug-likeness (QED) is 0.705. The highest BCUT2D eigenvalue weighted by atomic mass is 16.5. The monoisotopic (exact) mass is 383 g/mol. The summed E-state index contributed by atoms with van der Waals surface area (Å²) >= 11 is 0. The Bertz CT molecular complexity index is 734. The minimum absolute atomic E-state index is 0.0623. The van der Waals surface area contributed by atoms with E-state index in [1.165, 1.54) is 11.1 Å². The van der Waals surface area contributed by atoms with Crippen molar-refractivity contribution in [1.29, 1.82) is 0 Å². The molecule has 4 heteroatoms. The Morgan fingerprint density at radius 3 is 2.54 bits per heavy atom. The van der Waals surface area contributed by atoms with Gasteiger partial charge < -0.3 is 14.6 Å². The standard InChI is InChI=1S/C24H33NO3/c1-4-8-18-11-13-22(28-17-19-9-6-5-7-10-19)20(15-18)16-25(2)21-12-14-23(27-3)24(21)26/h5-7,9-11,13,15,21,23-24,26H,4,8,12,14,16-17H2,1-3H3/t21-,23-,24-/m1/s1. The van der Waals surface area contributed by atoms with E-state index < -0.39 is 6.10 Å². The molecule has 0 bridgehead atoms. The van der Waals surface area contributed by atoms with Crippen LogP contribution in [-0.4, -0.2) is 42.4 Å². The minimum Gasteiger partial charge on any atom is -0.489 e. The maximum Gasteiger partial charge on any atom is 0.124 e. The Hall–Kier alpha value is -1.88. The molecule has 0 heterocycles. The number of hydrogen-bond donors (Lipinski definition) is 1. The Morgan fingerprint density at radius 2 is 1.86 bits per heavy atom. The summed E-state index contributed by atoms with van der Waals surface area (Å²) in [5.74, 6) is 0.923. The van der Waals surface area contributed by atoms with Crippen LogP contribution in [0.2, 0.25) is 0 Å². The van der Waals surface area contributed by atoms with Gasteiger partial charge in [-0.25, -0.2) is 0 Å². The maximum atomic E-state index is 10.6. The van der Waals surface area contributed by atoms with E-state index in [-0.39, 0.29) is 12.1 Å². The normalized spacial score (nSPS) is 22.0. The lowest BCUT2D eigenvalue weighted by molar-refractivity contribution is -0.0195. The zero-order valence-corrected chi connectivity index (χ0v) is 17.3. The molecule has 4 nitrogen and oxygen atoms in total. The summed E-state index contributed by atoms with van der Waals surface area (Å²) < 4.78 is 11.6. The van der Waals surface area contributed by atoms with E-state index in [9.17, 15) is 5.11 Å². The van der Waals surface area contributed by atoms with Gasteiger partial charge in [0, 0.05) is 25.3 Å². The number of methoxy groups -OCH3 is 1. The Morgan fingerprint density at radius 1 is 1.07 bits per heavy atom. The lowest BCUT2D eigenvalue weighted by Gasteiger charge is -2.29. The van der Waals surface area contributed by atoms with Crippen molar-refractivity contribution in [3.05, 3.63) is 65.2 Å². The minimum atomic E-state index is -0.442. The third kappa shape index (κ3) is 5.13. The number of likely N-dealkylation sites (N-methyl/N-ethyl adjacent to an activating group) is 1. The molecule has 0 saturated heterocycles. The van der Waals surface area contributed by atoms with Crippen LogP contribution in [0, 0.1) is 0 Å². The first-order valence-electron chi connectivity index (χ1n) is 10.3. The van der Waals surface area contributed by atoms with E-state index in [1.807, 2.05) is 18.2 Å². The first kappa shape index (κ1) is 20.8. The van der Waals surface area contributed by atoms with Crippen LogP contribution >= 0.6 is 0 Å². The average molecular weight is 384 g/mol. The van der Waals surface area contributed by atoms with Crippen molar-refractivity contribution in [2.75, 3.05) is 14.2 Å². The smallest absolute Gasteiger partial charge is 0.124 e. The number of ether oxygens (including phenoxy) is 2. The molecule has 0 amide bonds. The molecule has 0 spiro atoms. The molecule has 28 heavy (non-hydrogen) atoms. The molecular weight excluding hydrogens is 350 g/mol. The highest BCUT2D eigenvalue weighted by Gasteiger charge is 2.37. The second-order valence-electron chi connectivity index (χ2n) is 7.79. The van der Waals surface area contributed by atoms with Crippen LogP contribution in [0.3, 0.4) is 0 Å². The van der Waals surface area contributed by atoms with Crippen molar-refractivity contribution in [1.82, 2.24) is 4.90 Å². The van der Waals surface area contributed by atoms with Crippen molar-refractivity contribution < 1.29 is 14.6 Å². The predicted molar refractivity (Wildman–Crippen MR) is 113 cm³/mol. The molecular formula is C24H33NO3. The van der Waals surface area contributed by atoms with E-state index in [0.29, 0.717) is 6.61 Å². The molecule has 3 rings (SSSR count). The summed E-state index contributed by atoms with van der Waals surface area (Å²) in [4.78, 5) is 2.24. The molecule has 1 aliphatic rings. The second-order valence-corrected chi connectivity index (χ2v) is 7.79. The molecule has 1 fully saturated rings. The summed E-state index contributed by atoms with van der Waals surface area (Å²) in [6, 6.07) is 16.9. The largest absolute Gasteiger partial charge is 0.489 e. The van der Waals surface area contributed by atoms with Gasteiger partial charge in [-0.15, -0.1) is 0 Å². The molecule has 0 unspecified atom stereocenters. The van der Waals surface area contributed by atoms with E-state index in [4.69, 9.17) is 9.47 Å². The molecule has 0 aliphatic heterocycles. The molecule has 0 aromatic heterocycles. The summed E-state index contributed by atoms with van der Waals surface area (Å²) in [6.45, 7) is 3.51. The molecule has 2 aromatic carbocycles. The fraction of sp³-hybridized carbons (Fsp3) is 0.500. The van der Waals surface area contributed by atoms with E-state index in [0.717, 1.165) is 43.5 Å². The lowest BCUT2D eigenvalue weighted by atomic mass is 10.0. The van der Waals surface area contributed by atoms with Crippen molar-refractivity contribution in [2.24, 2.45) is 0 Å². The summed E-state index contributed by atoms with van der Waals surface area (Å²) in [7, 11) is 3.76. The van der Waals surface area contributed by atoms with Crippen LogP contribution in [0.25, 0.3) is 0 Å². The molecule has 3 atom stereocenters. The molecule has 1 aliphatic carbocycles. The first-order valence-corrected chi connectivity index (χ1v) is 10.3. The van der Waals surface area contributed by atoms with Gasteiger partial charge >= 0.3 is 0 Å². The van der Waals surface area contributed by atoms with Crippen LogP contribution in [0.4, 0.5) is 0 Å². The van der Waals surface area contributed by atoms with Crippen molar-refractivity contribution >= 4 is 0 Å². The van der Waals surface area contributed by atoms with Crippen molar-refractivity contribution in [2.45, 2.75) is 64.0 Å². The summed E-state index contributed by atoms with van der Waals surface area (Å²) in [5, 5.41) is 10.6. The van der Waals surface area contributed by atoms with Gasteiger partial charge in [0.15, 0.2) is 0 Å². The van der Waals surface area contributed by atoms with Gasteiger partial charge in [-0.3, -0.25) is 4.90 Å². The van der Waals surface area contributed by atoms with Crippen molar-refractivity contribution in [3.8, 4) is 5.75 Å². The zero-order chi connectivity index (χ0) is 19.9. The third-order valence-corrected chi connectivity index (χ3v) is 5.71. The highest BCUT2D eigenvalue weighted by molar-refractivity contribution is 5.38.